The second kappa shape index (κ2) is 5.93. The monoisotopic (exact) mass is 324 g/mol. The zero-order valence-corrected chi connectivity index (χ0v) is 14.6. The highest BCUT2D eigenvalue weighted by atomic mass is 32.1. The largest absolute Gasteiger partial charge is 0.493 e. The first kappa shape index (κ1) is 16.8. The van der Waals surface area contributed by atoms with E-state index in [9.17, 15) is 5.11 Å². The van der Waals surface area contributed by atoms with Crippen molar-refractivity contribution in [1.82, 2.24) is 10.2 Å². The van der Waals surface area contributed by atoms with Gasteiger partial charge in [0.25, 0.3) is 0 Å². The molecule has 2 rings (SSSR count). The molecule has 122 valence electrons. The van der Waals surface area contributed by atoms with Gasteiger partial charge in [0.1, 0.15) is 5.72 Å². The van der Waals surface area contributed by atoms with Crippen molar-refractivity contribution in [3.05, 3.63) is 23.8 Å². The van der Waals surface area contributed by atoms with Crippen molar-refractivity contribution in [2.75, 3.05) is 14.2 Å². The minimum atomic E-state index is -1.03. The van der Waals surface area contributed by atoms with E-state index in [0.717, 1.165) is 5.56 Å². The fraction of sp³-hybridized carbons (Fsp3) is 0.562. The number of nitrogens with zero attached hydrogens (tertiary/aromatic N) is 1. The van der Waals surface area contributed by atoms with E-state index >= 15 is 0 Å². The van der Waals surface area contributed by atoms with Crippen molar-refractivity contribution in [3.63, 3.8) is 0 Å². The zero-order chi connectivity index (χ0) is 16.5. The van der Waals surface area contributed by atoms with Gasteiger partial charge in [-0.2, -0.15) is 0 Å². The van der Waals surface area contributed by atoms with Crippen LogP contribution in [0.15, 0.2) is 18.2 Å². The molecule has 0 aromatic heterocycles. The van der Waals surface area contributed by atoms with Crippen LogP contribution < -0.4 is 14.8 Å². The zero-order valence-electron chi connectivity index (χ0n) is 13.8. The molecule has 6 heteroatoms. The molecule has 5 nitrogen and oxygen atoms in total. The lowest BCUT2D eigenvalue weighted by molar-refractivity contribution is -0.0922. The minimum absolute atomic E-state index is 0.241. The van der Waals surface area contributed by atoms with Crippen molar-refractivity contribution in [2.24, 2.45) is 0 Å². The van der Waals surface area contributed by atoms with Gasteiger partial charge >= 0.3 is 0 Å². The molecule has 2 N–H and O–H groups in total. The molecule has 1 aromatic carbocycles. The first-order valence-corrected chi connectivity index (χ1v) is 7.63. The van der Waals surface area contributed by atoms with Gasteiger partial charge in [-0.25, -0.2) is 0 Å². The number of methoxy groups -OCH3 is 2. The molecular weight excluding hydrogens is 300 g/mol. The highest BCUT2D eigenvalue weighted by Crippen LogP contribution is 2.35. The summed E-state index contributed by atoms with van der Waals surface area (Å²) in [7, 11) is 3.21. The van der Waals surface area contributed by atoms with Crippen LogP contribution in [-0.4, -0.2) is 40.6 Å². The van der Waals surface area contributed by atoms with Crippen molar-refractivity contribution < 1.29 is 14.6 Å². The average Bonchev–Trinajstić information content (AvgIpc) is 2.40. The maximum atomic E-state index is 10.8. The summed E-state index contributed by atoms with van der Waals surface area (Å²) in [4.78, 5) is 1.78. The minimum Gasteiger partial charge on any atom is -0.493 e. The number of hydrogen-bond acceptors (Lipinski definition) is 4. The van der Waals surface area contributed by atoms with E-state index in [1.165, 1.54) is 0 Å². The molecule has 1 aliphatic heterocycles. The van der Waals surface area contributed by atoms with Crippen LogP contribution in [0.5, 0.6) is 11.5 Å². The van der Waals surface area contributed by atoms with Gasteiger partial charge in [0.15, 0.2) is 16.6 Å². The van der Waals surface area contributed by atoms with Crippen molar-refractivity contribution in [1.29, 1.82) is 0 Å². The molecule has 1 fully saturated rings. The summed E-state index contributed by atoms with van der Waals surface area (Å²) in [5.74, 6) is 1.32. The van der Waals surface area contributed by atoms with Gasteiger partial charge in [-0.3, -0.25) is 0 Å². The van der Waals surface area contributed by atoms with E-state index in [1.54, 1.807) is 26.0 Å². The number of thiocarbonyl (C=S) groups is 1. The predicted octanol–water partition coefficient (Wildman–Crippen LogP) is 2.27. The van der Waals surface area contributed by atoms with E-state index in [1.807, 2.05) is 32.0 Å². The third kappa shape index (κ3) is 3.28. The molecule has 1 heterocycles. The quantitative estimate of drug-likeness (QED) is 0.829. The number of nitrogens with one attached hydrogen (secondary N) is 1. The van der Waals surface area contributed by atoms with Crippen LogP contribution in [0.4, 0.5) is 0 Å². The molecule has 1 saturated heterocycles. The smallest absolute Gasteiger partial charge is 0.171 e. The average molecular weight is 324 g/mol. The molecule has 1 atom stereocenters. The molecule has 0 saturated carbocycles. The molecule has 0 spiro atoms. The number of ether oxygens (including phenoxy) is 2. The normalized spacial score (nSPS) is 23.9. The van der Waals surface area contributed by atoms with E-state index in [4.69, 9.17) is 21.7 Å². The van der Waals surface area contributed by atoms with E-state index in [0.29, 0.717) is 29.6 Å². The fourth-order valence-corrected chi connectivity index (χ4v) is 3.58. The van der Waals surface area contributed by atoms with Crippen LogP contribution in [-0.2, 0) is 6.54 Å². The molecule has 0 aliphatic carbocycles. The molecule has 0 bridgehead atoms. The maximum absolute atomic E-state index is 10.8. The van der Waals surface area contributed by atoms with Gasteiger partial charge in [0, 0.05) is 17.5 Å². The fourth-order valence-electron chi connectivity index (χ4n) is 3.04. The summed E-state index contributed by atoms with van der Waals surface area (Å²) < 4.78 is 10.8. The third-order valence-corrected chi connectivity index (χ3v) is 4.18. The van der Waals surface area contributed by atoms with Crippen LogP contribution in [0.3, 0.4) is 0 Å². The lowest BCUT2D eigenvalue weighted by atomic mass is 9.90. The maximum Gasteiger partial charge on any atom is 0.171 e. The predicted molar refractivity (Wildman–Crippen MR) is 90.1 cm³/mol. The van der Waals surface area contributed by atoms with E-state index in [2.05, 4.69) is 5.32 Å². The van der Waals surface area contributed by atoms with Gasteiger partial charge in [0.05, 0.1) is 20.8 Å². The van der Waals surface area contributed by atoms with Crippen molar-refractivity contribution >= 4 is 17.3 Å². The van der Waals surface area contributed by atoms with Crippen molar-refractivity contribution in [3.8, 4) is 11.5 Å². The van der Waals surface area contributed by atoms with Gasteiger partial charge in [-0.15, -0.1) is 0 Å². The molecule has 22 heavy (non-hydrogen) atoms. The number of rotatable bonds is 4. The Morgan fingerprint density at radius 1 is 1.27 bits per heavy atom. The first-order valence-electron chi connectivity index (χ1n) is 7.22. The SMILES string of the molecule is COc1cccc(CN2C(=S)NC(C)(C)C[C@]2(C)O)c1OC. The molecule has 1 aliphatic rings. The summed E-state index contributed by atoms with van der Waals surface area (Å²) >= 11 is 5.45. The third-order valence-electron chi connectivity index (χ3n) is 3.86. The Morgan fingerprint density at radius 3 is 2.50 bits per heavy atom. The second-order valence-corrected chi connectivity index (χ2v) is 6.83. The number of hydrogen-bond donors (Lipinski definition) is 2. The standard InChI is InChI=1S/C16H24N2O3S/c1-15(2)10-16(3,19)18(14(22)17-15)9-11-7-6-8-12(20-4)13(11)21-5/h6-8,19H,9-10H2,1-5H3,(H,17,22)/t16-/m0/s1. The lowest BCUT2D eigenvalue weighted by Crippen LogP contribution is -2.65. The van der Waals surface area contributed by atoms with E-state index in [-0.39, 0.29) is 5.54 Å². The highest BCUT2D eigenvalue weighted by Gasteiger charge is 2.43. The Kier molecular flexibility index (Phi) is 4.54. The summed E-state index contributed by atoms with van der Waals surface area (Å²) in [6.07, 6.45) is 0.562. The number of aliphatic hydroxyl groups is 1. The molecule has 0 unspecified atom stereocenters. The van der Waals surface area contributed by atoms with Gasteiger partial charge in [0.2, 0.25) is 0 Å². The Bertz CT molecular complexity index is 573. The molecule has 0 radical (unpaired) electrons. The first-order chi connectivity index (χ1) is 10.2. The topological polar surface area (TPSA) is 54.0 Å². The van der Waals surface area contributed by atoms with Gasteiger partial charge in [-0.05, 0) is 39.1 Å². The summed E-state index contributed by atoms with van der Waals surface area (Å²) in [5, 5.41) is 14.6. The summed E-state index contributed by atoms with van der Waals surface area (Å²) in [5.41, 5.74) is -0.360. The van der Waals surface area contributed by atoms with Gasteiger partial charge < -0.3 is 24.8 Å². The highest BCUT2D eigenvalue weighted by molar-refractivity contribution is 7.80. The second-order valence-electron chi connectivity index (χ2n) is 6.45. The Balaban J connectivity index is 2.32. The number of benzene rings is 1. The van der Waals surface area contributed by atoms with E-state index < -0.39 is 5.72 Å². The Labute approximate surface area is 137 Å². The van der Waals surface area contributed by atoms with Crippen LogP contribution in [0.2, 0.25) is 0 Å². The molecular formula is C16H24N2O3S. The van der Waals surface area contributed by atoms with Crippen LogP contribution in [0, 0.1) is 0 Å². The Hall–Kier alpha value is -1.53. The summed E-state index contributed by atoms with van der Waals surface area (Å²) in [6.45, 7) is 6.28. The number of para-hydroxylation sites is 1. The van der Waals surface area contributed by atoms with Crippen molar-refractivity contribution in [2.45, 2.75) is 45.0 Å². The van der Waals surface area contributed by atoms with Crippen LogP contribution >= 0.6 is 12.2 Å². The lowest BCUT2D eigenvalue weighted by Gasteiger charge is -2.49. The molecule has 1 aromatic rings. The summed E-state index contributed by atoms with van der Waals surface area (Å²) in [6, 6.07) is 5.69. The van der Waals surface area contributed by atoms with Crippen LogP contribution in [0.1, 0.15) is 32.8 Å². The van der Waals surface area contributed by atoms with Crippen LogP contribution in [0.25, 0.3) is 0 Å². The molecule has 0 amide bonds. The van der Waals surface area contributed by atoms with Gasteiger partial charge in [-0.1, -0.05) is 12.1 Å². The Morgan fingerprint density at radius 2 is 1.95 bits per heavy atom.